The Hall–Kier alpha value is -3.12. The molecule has 5 nitrogen and oxygen atoms in total. The van der Waals surface area contributed by atoms with Gasteiger partial charge in [-0.15, -0.1) is 0 Å². The largest absolute Gasteiger partial charge is 0.452 e. The van der Waals surface area contributed by atoms with Crippen LogP contribution >= 0.6 is 34.8 Å². The lowest BCUT2D eigenvalue weighted by Gasteiger charge is -2.12. The average Bonchev–Trinajstić information content (AvgIpc) is 2.84. The number of esters is 1. The molecular weight excluding hydrogens is 483 g/mol. The molecule has 166 valence electrons. The molecule has 1 aromatic heterocycles. The summed E-state index contributed by atoms with van der Waals surface area (Å²) in [6.07, 6.45) is 0. The van der Waals surface area contributed by atoms with E-state index >= 15 is 0 Å². The summed E-state index contributed by atoms with van der Waals surface area (Å²) in [4.78, 5) is 29.7. The average molecular weight is 500 g/mol. The molecule has 0 saturated carbocycles. The highest BCUT2D eigenvalue weighted by molar-refractivity contribution is 6.49. The van der Waals surface area contributed by atoms with Crippen LogP contribution < -0.4 is 5.32 Å². The van der Waals surface area contributed by atoms with Crippen molar-refractivity contribution in [3.05, 3.63) is 99.0 Å². The predicted octanol–water partition coefficient (Wildman–Crippen LogP) is 6.34. The van der Waals surface area contributed by atoms with Gasteiger partial charge in [0.05, 0.1) is 31.8 Å². The van der Waals surface area contributed by atoms with Crippen LogP contribution in [-0.2, 0) is 16.1 Å². The van der Waals surface area contributed by atoms with Crippen LogP contribution in [0.15, 0.2) is 72.8 Å². The Morgan fingerprint density at radius 2 is 1.61 bits per heavy atom. The van der Waals surface area contributed by atoms with E-state index in [-0.39, 0.29) is 15.6 Å². The Morgan fingerprint density at radius 1 is 0.879 bits per heavy atom. The molecule has 8 heteroatoms. The molecule has 0 unspecified atom stereocenters. The Bertz CT molecular complexity index is 1340. The van der Waals surface area contributed by atoms with Gasteiger partial charge in [0.15, 0.2) is 6.61 Å². The lowest BCUT2D eigenvalue weighted by Crippen LogP contribution is -2.28. The maximum absolute atomic E-state index is 12.9. The van der Waals surface area contributed by atoms with E-state index in [1.807, 2.05) is 36.4 Å². The zero-order valence-electron chi connectivity index (χ0n) is 17.1. The van der Waals surface area contributed by atoms with Crippen LogP contribution in [0.1, 0.15) is 15.9 Å². The summed E-state index contributed by atoms with van der Waals surface area (Å²) in [6, 6.07) is 21.4. The Labute approximate surface area is 205 Å². The Balaban J connectivity index is 1.57. The van der Waals surface area contributed by atoms with Crippen LogP contribution in [0.5, 0.6) is 0 Å². The Kier molecular flexibility index (Phi) is 7.14. The van der Waals surface area contributed by atoms with Crippen molar-refractivity contribution in [3.63, 3.8) is 0 Å². The first kappa shape index (κ1) is 23.1. The highest BCUT2D eigenvalue weighted by atomic mass is 35.5. The second kappa shape index (κ2) is 10.2. The fraction of sp³-hybridized carbons (Fsp3) is 0.0800. The molecule has 0 aliphatic heterocycles. The normalized spacial score (nSPS) is 10.8. The fourth-order valence-electron chi connectivity index (χ4n) is 3.26. The molecule has 33 heavy (non-hydrogen) atoms. The van der Waals surface area contributed by atoms with Crippen LogP contribution in [0.3, 0.4) is 0 Å². The number of hydrogen-bond donors (Lipinski definition) is 1. The molecule has 1 amide bonds. The molecule has 0 bridgehead atoms. The van der Waals surface area contributed by atoms with Crippen LogP contribution in [0.4, 0.5) is 0 Å². The van der Waals surface area contributed by atoms with E-state index in [0.717, 1.165) is 5.56 Å². The van der Waals surface area contributed by atoms with Gasteiger partial charge in [0.1, 0.15) is 0 Å². The van der Waals surface area contributed by atoms with Crippen molar-refractivity contribution in [2.24, 2.45) is 0 Å². The monoisotopic (exact) mass is 498 g/mol. The SMILES string of the molecule is O=C(COC(=O)c1cc(-c2ccc(Cl)c(Cl)c2Cl)nc2ccccc12)NCc1ccccc1. The number of ether oxygens (including phenoxy) is 1. The maximum atomic E-state index is 12.9. The summed E-state index contributed by atoms with van der Waals surface area (Å²) >= 11 is 18.6. The first-order chi connectivity index (χ1) is 15.9. The summed E-state index contributed by atoms with van der Waals surface area (Å²) in [5.41, 5.74) is 2.72. The summed E-state index contributed by atoms with van der Waals surface area (Å²) in [6.45, 7) is -0.0689. The van der Waals surface area contributed by atoms with Crippen molar-refractivity contribution in [3.8, 4) is 11.3 Å². The molecular formula is C25H17Cl3N2O3. The minimum atomic E-state index is -0.652. The Morgan fingerprint density at radius 3 is 2.39 bits per heavy atom. The molecule has 0 fully saturated rings. The molecule has 4 aromatic rings. The predicted molar refractivity (Wildman–Crippen MR) is 131 cm³/mol. The minimum Gasteiger partial charge on any atom is -0.452 e. The van der Waals surface area contributed by atoms with Gasteiger partial charge in [-0.1, -0.05) is 83.3 Å². The maximum Gasteiger partial charge on any atom is 0.339 e. The number of amides is 1. The first-order valence-electron chi connectivity index (χ1n) is 9.95. The molecule has 0 spiro atoms. The minimum absolute atomic E-state index is 0.199. The number of benzene rings is 3. The van der Waals surface area contributed by atoms with Gasteiger partial charge in [-0.05, 0) is 29.8 Å². The number of nitrogens with zero attached hydrogens (tertiary/aromatic N) is 1. The van der Waals surface area contributed by atoms with Crippen LogP contribution in [-0.4, -0.2) is 23.5 Å². The third-order valence-corrected chi connectivity index (χ3v) is 6.21. The van der Waals surface area contributed by atoms with Gasteiger partial charge >= 0.3 is 5.97 Å². The summed E-state index contributed by atoms with van der Waals surface area (Å²) in [7, 11) is 0. The number of hydrogen-bond acceptors (Lipinski definition) is 4. The van der Waals surface area contributed by atoms with Gasteiger partial charge < -0.3 is 10.1 Å². The van der Waals surface area contributed by atoms with Gasteiger partial charge in [0.2, 0.25) is 0 Å². The van der Waals surface area contributed by atoms with E-state index in [0.29, 0.717) is 33.7 Å². The zero-order chi connectivity index (χ0) is 23.4. The van der Waals surface area contributed by atoms with Crippen molar-refractivity contribution < 1.29 is 14.3 Å². The smallest absolute Gasteiger partial charge is 0.339 e. The standard InChI is InChI=1S/C25H17Cl3N2O3/c26-19-11-10-17(23(27)24(19)28)21-12-18(16-8-4-5-9-20(16)30-21)25(32)33-14-22(31)29-13-15-6-2-1-3-7-15/h1-12H,13-14H2,(H,29,31). The number of aromatic nitrogens is 1. The molecule has 0 saturated heterocycles. The van der Waals surface area contributed by atoms with E-state index in [1.165, 1.54) is 0 Å². The number of para-hydroxylation sites is 1. The number of pyridine rings is 1. The molecule has 0 aliphatic rings. The van der Waals surface area contributed by atoms with Crippen molar-refractivity contribution in [1.29, 1.82) is 0 Å². The number of carbonyl (C=O) groups is 2. The molecule has 1 heterocycles. The molecule has 4 rings (SSSR count). The highest BCUT2D eigenvalue weighted by Gasteiger charge is 2.19. The number of carbonyl (C=O) groups excluding carboxylic acids is 2. The van der Waals surface area contributed by atoms with Crippen molar-refractivity contribution in [1.82, 2.24) is 10.3 Å². The summed E-state index contributed by atoms with van der Waals surface area (Å²) in [5, 5.41) is 4.06. The van der Waals surface area contributed by atoms with Crippen molar-refractivity contribution in [2.45, 2.75) is 6.54 Å². The van der Waals surface area contributed by atoms with Crippen LogP contribution in [0, 0.1) is 0 Å². The molecule has 0 aliphatic carbocycles. The quantitative estimate of drug-likeness (QED) is 0.248. The van der Waals surface area contributed by atoms with Gasteiger partial charge in [0.25, 0.3) is 5.91 Å². The summed E-state index contributed by atoms with van der Waals surface area (Å²) in [5.74, 6) is -1.06. The van der Waals surface area contributed by atoms with Gasteiger partial charge in [-0.3, -0.25) is 4.79 Å². The highest BCUT2D eigenvalue weighted by Crippen LogP contribution is 2.38. The third kappa shape index (κ3) is 5.28. The van der Waals surface area contributed by atoms with Crippen molar-refractivity contribution >= 4 is 57.6 Å². The zero-order valence-corrected chi connectivity index (χ0v) is 19.4. The topological polar surface area (TPSA) is 68.3 Å². The molecule has 0 atom stereocenters. The second-order valence-corrected chi connectivity index (χ2v) is 8.30. The van der Waals surface area contributed by atoms with E-state index in [9.17, 15) is 9.59 Å². The first-order valence-corrected chi connectivity index (χ1v) is 11.1. The van der Waals surface area contributed by atoms with E-state index in [1.54, 1.807) is 36.4 Å². The fourth-order valence-corrected chi connectivity index (χ4v) is 3.89. The van der Waals surface area contributed by atoms with Crippen molar-refractivity contribution in [2.75, 3.05) is 6.61 Å². The number of nitrogens with one attached hydrogen (secondary N) is 1. The second-order valence-electron chi connectivity index (χ2n) is 7.13. The van der Waals surface area contributed by atoms with Crippen LogP contribution in [0.2, 0.25) is 15.1 Å². The molecule has 1 N–H and O–H groups in total. The van der Waals surface area contributed by atoms with E-state index in [4.69, 9.17) is 39.5 Å². The molecule has 3 aromatic carbocycles. The number of rotatable bonds is 6. The molecule has 0 radical (unpaired) electrons. The third-order valence-electron chi connectivity index (χ3n) is 4.91. The van der Waals surface area contributed by atoms with E-state index < -0.39 is 18.5 Å². The van der Waals surface area contributed by atoms with E-state index in [2.05, 4.69) is 10.3 Å². The van der Waals surface area contributed by atoms with Gasteiger partial charge in [-0.2, -0.15) is 0 Å². The van der Waals surface area contributed by atoms with Crippen LogP contribution in [0.25, 0.3) is 22.2 Å². The summed E-state index contributed by atoms with van der Waals surface area (Å²) < 4.78 is 5.29. The number of fused-ring (bicyclic) bond motifs is 1. The van der Waals surface area contributed by atoms with Gasteiger partial charge in [-0.25, -0.2) is 9.78 Å². The van der Waals surface area contributed by atoms with Gasteiger partial charge in [0, 0.05) is 17.5 Å². The lowest BCUT2D eigenvalue weighted by atomic mass is 10.0. The lowest BCUT2D eigenvalue weighted by molar-refractivity contribution is -0.124. The number of halogens is 3.